The topological polar surface area (TPSA) is 69.0 Å². The molecule has 2 heterocycles. The first-order valence-corrected chi connectivity index (χ1v) is 8.44. The number of rotatable bonds is 5. The molecule has 0 unspecified atom stereocenters. The van der Waals surface area contributed by atoms with E-state index >= 15 is 0 Å². The van der Waals surface area contributed by atoms with Gasteiger partial charge in [-0.1, -0.05) is 29.3 Å². The van der Waals surface area contributed by atoms with Crippen LogP contribution in [0.1, 0.15) is 15.4 Å². The number of thiazole rings is 1. The van der Waals surface area contributed by atoms with Crippen molar-refractivity contribution in [1.82, 2.24) is 14.8 Å². The minimum atomic E-state index is -0.334. The molecule has 0 radical (unpaired) electrons. The molecule has 1 N–H and O–H groups in total. The maximum absolute atomic E-state index is 12.1. The number of nitrogens with one attached hydrogen (secondary N) is 1. The Morgan fingerprint density at radius 2 is 2.08 bits per heavy atom. The van der Waals surface area contributed by atoms with Gasteiger partial charge in [-0.2, -0.15) is 5.10 Å². The van der Waals surface area contributed by atoms with E-state index in [2.05, 4.69) is 15.4 Å². The summed E-state index contributed by atoms with van der Waals surface area (Å²) in [5, 5.41) is 8.20. The van der Waals surface area contributed by atoms with E-state index in [1.165, 1.54) is 16.0 Å². The first-order chi connectivity index (χ1) is 11.5. The van der Waals surface area contributed by atoms with Gasteiger partial charge >= 0.3 is 0 Å². The molecule has 2 aromatic heterocycles. The lowest BCUT2D eigenvalue weighted by atomic mass is 10.3. The summed E-state index contributed by atoms with van der Waals surface area (Å²) in [6.07, 6.45) is 3.33. The first-order valence-electron chi connectivity index (χ1n) is 6.87. The normalized spacial score (nSPS) is 10.6. The van der Waals surface area contributed by atoms with E-state index in [0.717, 1.165) is 4.88 Å². The van der Waals surface area contributed by atoms with E-state index in [-0.39, 0.29) is 18.3 Å². The zero-order chi connectivity index (χ0) is 17.1. The van der Waals surface area contributed by atoms with E-state index in [4.69, 9.17) is 27.9 Å². The smallest absolute Gasteiger partial charge is 0.277 e. The van der Waals surface area contributed by atoms with Gasteiger partial charge in [0, 0.05) is 17.3 Å². The molecule has 0 aliphatic carbocycles. The number of amides is 1. The third-order valence-electron chi connectivity index (χ3n) is 2.98. The SMILES string of the molecule is Cc1cnc(NC(=O)c2ccn(COc3c(Cl)cccc3Cl)n2)s1. The third-order valence-corrected chi connectivity index (χ3v) is 4.40. The highest BCUT2D eigenvalue weighted by molar-refractivity contribution is 7.15. The summed E-state index contributed by atoms with van der Waals surface area (Å²) in [5.41, 5.74) is 0.261. The van der Waals surface area contributed by atoms with Crippen LogP contribution in [0.4, 0.5) is 5.13 Å². The van der Waals surface area contributed by atoms with Crippen LogP contribution in [0.15, 0.2) is 36.7 Å². The Bertz CT molecular complexity index is 858. The molecule has 0 aliphatic heterocycles. The number of nitrogens with zero attached hydrogens (tertiary/aromatic N) is 3. The minimum absolute atomic E-state index is 0.0765. The third kappa shape index (κ3) is 3.87. The van der Waals surface area contributed by atoms with Gasteiger partial charge in [-0.15, -0.1) is 11.3 Å². The first kappa shape index (κ1) is 16.8. The van der Waals surface area contributed by atoms with Gasteiger partial charge in [-0.25, -0.2) is 9.67 Å². The van der Waals surface area contributed by atoms with Crippen molar-refractivity contribution in [3.8, 4) is 5.75 Å². The molecule has 124 valence electrons. The number of para-hydroxylation sites is 1. The average molecular weight is 383 g/mol. The zero-order valence-electron chi connectivity index (χ0n) is 12.5. The van der Waals surface area contributed by atoms with Crippen LogP contribution in [0.3, 0.4) is 0 Å². The van der Waals surface area contributed by atoms with Crippen LogP contribution < -0.4 is 10.1 Å². The standard InChI is InChI=1S/C15H12Cl2N4O2S/c1-9-7-18-15(24-9)19-14(22)12-5-6-21(20-12)8-23-13-10(16)3-2-4-11(13)17/h2-7H,8H2,1H3,(H,18,19,22). The lowest BCUT2D eigenvalue weighted by Crippen LogP contribution is -2.14. The molecule has 3 rings (SSSR count). The summed E-state index contributed by atoms with van der Waals surface area (Å²) < 4.78 is 7.04. The number of hydrogen-bond acceptors (Lipinski definition) is 5. The summed E-state index contributed by atoms with van der Waals surface area (Å²) in [5.74, 6) is 0.0412. The van der Waals surface area contributed by atoms with Crippen LogP contribution >= 0.6 is 34.5 Å². The van der Waals surface area contributed by atoms with Crippen LogP contribution in [-0.4, -0.2) is 20.7 Å². The molecule has 0 atom stereocenters. The molecular formula is C15H12Cl2N4O2S. The van der Waals surface area contributed by atoms with E-state index < -0.39 is 0 Å². The Morgan fingerprint density at radius 3 is 2.75 bits per heavy atom. The highest BCUT2D eigenvalue weighted by atomic mass is 35.5. The van der Waals surface area contributed by atoms with E-state index in [1.807, 2.05) is 6.92 Å². The minimum Gasteiger partial charge on any atom is -0.468 e. The number of aryl methyl sites for hydroxylation is 1. The van der Waals surface area contributed by atoms with E-state index in [0.29, 0.717) is 20.9 Å². The molecule has 6 nitrogen and oxygen atoms in total. The number of benzene rings is 1. The predicted molar refractivity (Wildman–Crippen MR) is 94.1 cm³/mol. The Kier molecular flexibility index (Phi) is 5.03. The van der Waals surface area contributed by atoms with Gasteiger partial charge in [-0.05, 0) is 25.1 Å². The van der Waals surface area contributed by atoms with Gasteiger partial charge in [-0.3, -0.25) is 10.1 Å². The monoisotopic (exact) mass is 382 g/mol. The molecular weight excluding hydrogens is 371 g/mol. The Hall–Kier alpha value is -2.09. The molecule has 0 spiro atoms. The fraction of sp³-hybridized carbons (Fsp3) is 0.133. The second kappa shape index (κ2) is 7.21. The van der Waals surface area contributed by atoms with E-state index in [9.17, 15) is 4.79 Å². The van der Waals surface area contributed by atoms with Crippen molar-refractivity contribution in [2.24, 2.45) is 0 Å². The number of halogens is 2. The molecule has 0 bridgehead atoms. The molecule has 3 aromatic rings. The molecule has 0 fully saturated rings. The van der Waals surface area contributed by atoms with Gasteiger partial charge in [0.05, 0.1) is 10.0 Å². The van der Waals surface area contributed by atoms with Gasteiger partial charge in [0.25, 0.3) is 5.91 Å². The van der Waals surface area contributed by atoms with Crippen LogP contribution in [0.25, 0.3) is 0 Å². The van der Waals surface area contributed by atoms with Gasteiger partial charge in [0.15, 0.2) is 23.3 Å². The summed E-state index contributed by atoms with van der Waals surface area (Å²) in [6, 6.07) is 6.68. The van der Waals surface area contributed by atoms with Crippen molar-refractivity contribution in [1.29, 1.82) is 0 Å². The lowest BCUT2D eigenvalue weighted by Gasteiger charge is -2.09. The molecule has 1 aromatic carbocycles. The van der Waals surface area contributed by atoms with Gasteiger partial charge in [0.1, 0.15) is 0 Å². The lowest BCUT2D eigenvalue weighted by molar-refractivity contribution is 0.102. The fourth-order valence-electron chi connectivity index (χ4n) is 1.88. The summed E-state index contributed by atoms with van der Waals surface area (Å²) in [6.45, 7) is 1.99. The highest BCUT2D eigenvalue weighted by Crippen LogP contribution is 2.32. The predicted octanol–water partition coefficient (Wildman–Crippen LogP) is 4.24. The largest absolute Gasteiger partial charge is 0.468 e. The number of aromatic nitrogens is 3. The molecule has 0 saturated heterocycles. The quantitative estimate of drug-likeness (QED) is 0.716. The van der Waals surface area contributed by atoms with Crippen molar-refractivity contribution in [2.75, 3.05) is 5.32 Å². The van der Waals surface area contributed by atoms with Crippen molar-refractivity contribution in [2.45, 2.75) is 13.7 Å². The van der Waals surface area contributed by atoms with Crippen molar-refractivity contribution < 1.29 is 9.53 Å². The van der Waals surface area contributed by atoms with Crippen molar-refractivity contribution in [3.05, 3.63) is 57.3 Å². The number of hydrogen-bond donors (Lipinski definition) is 1. The summed E-state index contributed by atoms with van der Waals surface area (Å²) >= 11 is 13.5. The maximum Gasteiger partial charge on any atom is 0.277 e. The second-order valence-corrected chi connectivity index (χ2v) is 6.84. The Labute approximate surface area is 152 Å². The van der Waals surface area contributed by atoms with Crippen LogP contribution in [0.5, 0.6) is 5.75 Å². The molecule has 1 amide bonds. The number of carbonyl (C=O) groups is 1. The van der Waals surface area contributed by atoms with Crippen LogP contribution in [0, 0.1) is 6.92 Å². The molecule has 9 heteroatoms. The molecule has 0 aliphatic rings. The number of ether oxygens (including phenoxy) is 1. The van der Waals surface area contributed by atoms with Crippen LogP contribution in [0.2, 0.25) is 10.0 Å². The van der Waals surface area contributed by atoms with E-state index in [1.54, 1.807) is 36.7 Å². The van der Waals surface area contributed by atoms with Crippen molar-refractivity contribution >= 4 is 45.6 Å². The molecule has 24 heavy (non-hydrogen) atoms. The van der Waals surface area contributed by atoms with Gasteiger partial charge in [0.2, 0.25) is 0 Å². The van der Waals surface area contributed by atoms with Crippen molar-refractivity contribution in [3.63, 3.8) is 0 Å². The molecule has 0 saturated carbocycles. The summed E-state index contributed by atoms with van der Waals surface area (Å²) in [4.78, 5) is 17.2. The fourth-order valence-corrected chi connectivity index (χ4v) is 3.05. The maximum atomic E-state index is 12.1. The average Bonchev–Trinajstić information content (AvgIpc) is 3.16. The second-order valence-electron chi connectivity index (χ2n) is 4.79. The number of carbonyl (C=O) groups excluding carboxylic acids is 1. The highest BCUT2D eigenvalue weighted by Gasteiger charge is 2.12. The van der Waals surface area contributed by atoms with Gasteiger partial charge < -0.3 is 4.74 Å². The van der Waals surface area contributed by atoms with Crippen LogP contribution in [-0.2, 0) is 6.73 Å². The number of anilines is 1. The Balaban J connectivity index is 1.64. The summed E-state index contributed by atoms with van der Waals surface area (Å²) in [7, 11) is 0. The zero-order valence-corrected chi connectivity index (χ0v) is 14.8. The Morgan fingerprint density at radius 1 is 1.33 bits per heavy atom.